The molecule has 3 aliphatic rings. The van der Waals surface area contributed by atoms with Gasteiger partial charge in [0, 0.05) is 17.6 Å². The van der Waals surface area contributed by atoms with E-state index in [0.29, 0.717) is 6.54 Å². The molecule has 68 valence electrons. The lowest BCUT2D eigenvalue weighted by molar-refractivity contribution is 1.07. The van der Waals surface area contributed by atoms with Gasteiger partial charge in [-0.25, -0.2) is 0 Å². The summed E-state index contributed by atoms with van der Waals surface area (Å²) in [6.07, 6.45) is 8.67. The average molecular weight is 184 g/mol. The fourth-order valence-corrected chi connectivity index (χ4v) is 1.75. The van der Waals surface area contributed by atoms with E-state index in [1.54, 1.807) is 6.20 Å². The summed E-state index contributed by atoms with van der Waals surface area (Å²) in [5, 5.41) is 16.0. The number of allylic oxidation sites excluding steroid dienone is 3. The van der Waals surface area contributed by atoms with Crippen molar-refractivity contribution in [2.24, 2.45) is 20.5 Å². The van der Waals surface area contributed by atoms with Crippen molar-refractivity contribution in [3.05, 3.63) is 47.0 Å². The topological polar surface area (TPSA) is 49.4 Å². The van der Waals surface area contributed by atoms with Gasteiger partial charge in [0.25, 0.3) is 0 Å². The monoisotopic (exact) mass is 184 g/mol. The molecule has 14 heavy (non-hydrogen) atoms. The van der Waals surface area contributed by atoms with E-state index < -0.39 is 0 Å². The quantitative estimate of drug-likeness (QED) is 0.555. The third-order valence-electron chi connectivity index (χ3n) is 2.43. The molecule has 0 N–H and O–H groups in total. The van der Waals surface area contributed by atoms with Crippen LogP contribution in [0.25, 0.3) is 0 Å². The highest BCUT2D eigenvalue weighted by atomic mass is 15.1. The van der Waals surface area contributed by atoms with Gasteiger partial charge in [-0.05, 0) is 6.08 Å². The van der Waals surface area contributed by atoms with Crippen molar-refractivity contribution >= 4 is 0 Å². The van der Waals surface area contributed by atoms with Gasteiger partial charge in [0.1, 0.15) is 0 Å². The highest BCUT2D eigenvalue weighted by molar-refractivity contribution is 5.53. The van der Waals surface area contributed by atoms with Gasteiger partial charge in [0.2, 0.25) is 0 Å². The second kappa shape index (κ2) is 2.83. The van der Waals surface area contributed by atoms with Gasteiger partial charge in [-0.3, -0.25) is 0 Å². The first-order valence-electron chi connectivity index (χ1n) is 4.53. The van der Waals surface area contributed by atoms with Crippen LogP contribution in [0.15, 0.2) is 67.4 Å². The van der Waals surface area contributed by atoms with Gasteiger partial charge in [-0.1, -0.05) is 12.2 Å². The van der Waals surface area contributed by atoms with Crippen LogP contribution in [0, 0.1) is 0 Å². The second-order valence-corrected chi connectivity index (χ2v) is 3.26. The minimum atomic E-state index is 0.682. The molecule has 4 nitrogen and oxygen atoms in total. The van der Waals surface area contributed by atoms with Crippen LogP contribution in [-0.2, 0) is 0 Å². The molecule has 0 atom stereocenters. The SMILES string of the molecule is C1=CC(=C2C=CN=N2)C2=C(C1)N=NC2. The Balaban J connectivity index is 2.12. The summed E-state index contributed by atoms with van der Waals surface area (Å²) in [4.78, 5) is 0. The lowest BCUT2D eigenvalue weighted by atomic mass is 9.96. The molecule has 0 saturated carbocycles. The average Bonchev–Trinajstić information content (AvgIpc) is 2.88. The molecule has 3 rings (SSSR count). The molecule has 2 aliphatic heterocycles. The van der Waals surface area contributed by atoms with Gasteiger partial charge in [-0.15, -0.1) is 0 Å². The summed E-state index contributed by atoms with van der Waals surface area (Å²) in [6, 6.07) is 0. The van der Waals surface area contributed by atoms with Crippen molar-refractivity contribution in [2.75, 3.05) is 6.54 Å². The Morgan fingerprint density at radius 2 is 2.14 bits per heavy atom. The summed E-state index contributed by atoms with van der Waals surface area (Å²) in [7, 11) is 0. The van der Waals surface area contributed by atoms with Crippen molar-refractivity contribution in [3.8, 4) is 0 Å². The maximum Gasteiger partial charge on any atom is 0.0949 e. The Morgan fingerprint density at radius 3 is 3.00 bits per heavy atom. The van der Waals surface area contributed by atoms with Crippen LogP contribution >= 0.6 is 0 Å². The molecule has 0 radical (unpaired) electrons. The summed E-state index contributed by atoms with van der Waals surface area (Å²) in [6.45, 7) is 0.682. The zero-order valence-electron chi connectivity index (χ0n) is 7.51. The minimum Gasteiger partial charge on any atom is -0.184 e. The Hall–Kier alpha value is -1.84. The lowest BCUT2D eigenvalue weighted by Gasteiger charge is -2.09. The van der Waals surface area contributed by atoms with Gasteiger partial charge >= 0.3 is 0 Å². The zero-order chi connectivity index (χ0) is 9.38. The molecule has 0 aromatic heterocycles. The Kier molecular flexibility index (Phi) is 1.53. The molecule has 0 bridgehead atoms. The molecule has 0 aromatic rings. The Bertz CT molecular complexity index is 447. The molecule has 0 amide bonds. The fourth-order valence-electron chi connectivity index (χ4n) is 1.75. The largest absolute Gasteiger partial charge is 0.184 e. The normalized spacial score (nSPS) is 28.0. The molecule has 0 aromatic carbocycles. The van der Waals surface area contributed by atoms with Crippen molar-refractivity contribution in [1.29, 1.82) is 0 Å². The standard InChI is InChI=1S/C10H8N4/c1-2-7(10-4-5-11-13-10)8-6-12-14-9(8)3-1/h1-2,4-5H,3,6H2. The molecule has 4 heteroatoms. The van der Waals surface area contributed by atoms with E-state index in [4.69, 9.17) is 0 Å². The molecule has 2 heterocycles. The first-order valence-corrected chi connectivity index (χ1v) is 4.53. The molecule has 1 aliphatic carbocycles. The van der Waals surface area contributed by atoms with E-state index in [-0.39, 0.29) is 0 Å². The van der Waals surface area contributed by atoms with Crippen molar-refractivity contribution in [1.82, 2.24) is 0 Å². The zero-order valence-corrected chi connectivity index (χ0v) is 7.51. The predicted octanol–water partition coefficient (Wildman–Crippen LogP) is 2.90. The molecular weight excluding hydrogens is 176 g/mol. The molecular formula is C10H8N4. The third kappa shape index (κ3) is 1.00. The highest BCUT2D eigenvalue weighted by Gasteiger charge is 2.20. The molecule has 0 saturated heterocycles. The Morgan fingerprint density at radius 1 is 1.14 bits per heavy atom. The molecule has 0 spiro atoms. The Labute approximate surface area is 81.1 Å². The van der Waals surface area contributed by atoms with E-state index >= 15 is 0 Å². The number of azo groups is 2. The van der Waals surface area contributed by atoms with Crippen LogP contribution in [0.3, 0.4) is 0 Å². The fraction of sp³-hybridized carbons (Fsp3) is 0.200. The van der Waals surface area contributed by atoms with Crippen molar-refractivity contribution < 1.29 is 0 Å². The maximum atomic E-state index is 4.10. The molecule has 0 fully saturated rings. The maximum absolute atomic E-state index is 4.10. The van der Waals surface area contributed by atoms with Crippen LogP contribution < -0.4 is 0 Å². The van der Waals surface area contributed by atoms with E-state index in [2.05, 4.69) is 32.6 Å². The van der Waals surface area contributed by atoms with Crippen molar-refractivity contribution in [2.45, 2.75) is 6.42 Å². The predicted molar refractivity (Wildman–Crippen MR) is 51.5 cm³/mol. The van der Waals surface area contributed by atoms with Crippen LogP contribution in [-0.4, -0.2) is 6.54 Å². The van der Waals surface area contributed by atoms with E-state index in [1.165, 1.54) is 5.57 Å². The van der Waals surface area contributed by atoms with Gasteiger partial charge in [-0.2, -0.15) is 20.5 Å². The first kappa shape index (κ1) is 7.55. The smallest absolute Gasteiger partial charge is 0.0949 e. The summed E-state index contributed by atoms with van der Waals surface area (Å²) in [5.41, 5.74) is 4.31. The van der Waals surface area contributed by atoms with Gasteiger partial charge in [0.05, 0.1) is 24.1 Å². The first-order chi connectivity index (χ1) is 6.95. The van der Waals surface area contributed by atoms with Gasteiger partial charge in [0.15, 0.2) is 0 Å². The lowest BCUT2D eigenvalue weighted by Crippen LogP contribution is -1.98. The summed E-state index contributed by atoms with van der Waals surface area (Å²) in [5.74, 6) is 0. The van der Waals surface area contributed by atoms with Gasteiger partial charge < -0.3 is 0 Å². The summed E-state index contributed by atoms with van der Waals surface area (Å²) < 4.78 is 0. The number of rotatable bonds is 0. The summed E-state index contributed by atoms with van der Waals surface area (Å²) >= 11 is 0. The molecule has 0 unspecified atom stereocenters. The van der Waals surface area contributed by atoms with E-state index in [1.807, 2.05) is 6.08 Å². The minimum absolute atomic E-state index is 0.682. The second-order valence-electron chi connectivity index (χ2n) is 3.26. The van der Waals surface area contributed by atoms with Crippen LogP contribution in [0.1, 0.15) is 6.42 Å². The van der Waals surface area contributed by atoms with Crippen LogP contribution in [0.2, 0.25) is 0 Å². The van der Waals surface area contributed by atoms with Crippen LogP contribution in [0.4, 0.5) is 0 Å². The number of hydrogen-bond donors (Lipinski definition) is 0. The number of hydrogen-bond acceptors (Lipinski definition) is 4. The van der Waals surface area contributed by atoms with E-state index in [9.17, 15) is 0 Å². The third-order valence-corrected chi connectivity index (χ3v) is 2.43. The van der Waals surface area contributed by atoms with E-state index in [0.717, 1.165) is 23.4 Å². The van der Waals surface area contributed by atoms with Crippen molar-refractivity contribution in [3.63, 3.8) is 0 Å². The number of nitrogens with zero attached hydrogens (tertiary/aromatic N) is 4. The highest BCUT2D eigenvalue weighted by Crippen LogP contribution is 2.33. The van der Waals surface area contributed by atoms with Crippen LogP contribution in [0.5, 0.6) is 0 Å².